The van der Waals surface area contributed by atoms with Crippen LogP contribution in [0.1, 0.15) is 27.0 Å². The number of halogens is 1. The Labute approximate surface area is 185 Å². The van der Waals surface area contributed by atoms with Crippen molar-refractivity contribution in [3.63, 3.8) is 0 Å². The molecule has 0 saturated carbocycles. The maximum atomic E-state index is 13.5. The standard InChI is InChI=1S/C26H22FNO4/c1-30-22-8-3-2-6-18(22)11-12-28-15-21-23(31-16-28)10-9-20-25(29)24(32-26(20)21)14-17-5-4-7-19(27)13-17/h2-10,13-14H,11-12,15-16H2,1H3/b24-14-. The molecule has 2 heterocycles. The van der Waals surface area contributed by atoms with E-state index in [0.717, 1.165) is 35.6 Å². The average Bonchev–Trinajstić information content (AvgIpc) is 3.13. The molecule has 0 N–H and O–H groups in total. The van der Waals surface area contributed by atoms with Gasteiger partial charge >= 0.3 is 0 Å². The SMILES string of the molecule is COc1ccccc1CCN1COc2ccc3c(c2C1)O/C(=C\c1cccc(F)c1)C3=O. The van der Waals surface area contributed by atoms with E-state index < -0.39 is 0 Å². The van der Waals surface area contributed by atoms with Gasteiger partial charge in [-0.15, -0.1) is 0 Å². The minimum atomic E-state index is -0.362. The summed E-state index contributed by atoms with van der Waals surface area (Å²) in [6, 6.07) is 17.6. The molecule has 2 aliphatic heterocycles. The molecule has 0 saturated heterocycles. The number of methoxy groups -OCH3 is 1. The number of fused-ring (bicyclic) bond motifs is 3. The summed E-state index contributed by atoms with van der Waals surface area (Å²) in [5.41, 5.74) is 3.06. The van der Waals surface area contributed by atoms with Crippen LogP contribution < -0.4 is 14.2 Å². The average molecular weight is 431 g/mol. The van der Waals surface area contributed by atoms with Crippen molar-refractivity contribution >= 4 is 11.9 Å². The van der Waals surface area contributed by atoms with Crippen molar-refractivity contribution in [2.45, 2.75) is 13.0 Å². The lowest BCUT2D eigenvalue weighted by Gasteiger charge is -2.29. The predicted octanol–water partition coefficient (Wildman–Crippen LogP) is 4.85. The van der Waals surface area contributed by atoms with Gasteiger partial charge in [0.15, 0.2) is 5.76 Å². The van der Waals surface area contributed by atoms with E-state index in [4.69, 9.17) is 14.2 Å². The van der Waals surface area contributed by atoms with E-state index in [-0.39, 0.29) is 17.4 Å². The molecule has 5 rings (SSSR count). The predicted molar refractivity (Wildman–Crippen MR) is 118 cm³/mol. The summed E-state index contributed by atoms with van der Waals surface area (Å²) in [6.07, 6.45) is 2.38. The fraction of sp³-hybridized carbons (Fsp3) is 0.192. The van der Waals surface area contributed by atoms with Gasteiger partial charge in [0.2, 0.25) is 5.78 Å². The van der Waals surface area contributed by atoms with E-state index in [9.17, 15) is 9.18 Å². The Kier molecular flexibility index (Phi) is 5.37. The molecule has 32 heavy (non-hydrogen) atoms. The van der Waals surface area contributed by atoms with Gasteiger partial charge in [-0.1, -0.05) is 30.3 Å². The Morgan fingerprint density at radius 2 is 2.00 bits per heavy atom. The molecule has 162 valence electrons. The third-order valence-corrected chi connectivity index (χ3v) is 5.72. The van der Waals surface area contributed by atoms with Crippen LogP contribution in [0.3, 0.4) is 0 Å². The second-order valence-electron chi connectivity index (χ2n) is 7.80. The van der Waals surface area contributed by atoms with E-state index in [1.807, 2.05) is 24.3 Å². The highest BCUT2D eigenvalue weighted by atomic mass is 19.1. The molecule has 3 aromatic carbocycles. The quantitative estimate of drug-likeness (QED) is 0.541. The first-order valence-electron chi connectivity index (χ1n) is 10.4. The number of para-hydroxylation sites is 1. The van der Waals surface area contributed by atoms with Crippen LogP contribution in [-0.2, 0) is 13.0 Å². The first-order valence-corrected chi connectivity index (χ1v) is 10.4. The van der Waals surface area contributed by atoms with Gasteiger partial charge in [-0.3, -0.25) is 9.69 Å². The fourth-order valence-electron chi connectivity index (χ4n) is 4.08. The summed E-state index contributed by atoms with van der Waals surface area (Å²) in [7, 11) is 1.67. The van der Waals surface area contributed by atoms with Crippen molar-refractivity contribution in [2.75, 3.05) is 20.4 Å². The Hall–Kier alpha value is -3.64. The van der Waals surface area contributed by atoms with Gasteiger partial charge in [0.05, 0.1) is 18.2 Å². The van der Waals surface area contributed by atoms with E-state index >= 15 is 0 Å². The van der Waals surface area contributed by atoms with E-state index in [1.165, 1.54) is 12.1 Å². The lowest BCUT2D eigenvalue weighted by Crippen LogP contribution is -2.33. The second kappa shape index (κ2) is 8.48. The molecule has 5 nitrogen and oxygen atoms in total. The number of carbonyl (C=O) groups is 1. The third kappa shape index (κ3) is 3.85. The molecule has 0 radical (unpaired) electrons. The van der Waals surface area contributed by atoms with E-state index in [2.05, 4.69) is 11.0 Å². The van der Waals surface area contributed by atoms with Gasteiger partial charge in [-0.2, -0.15) is 0 Å². The first kappa shape index (κ1) is 20.3. The number of allylic oxidation sites excluding steroid dienone is 1. The number of ketones is 1. The number of carbonyl (C=O) groups excluding carboxylic acids is 1. The van der Waals surface area contributed by atoms with Crippen LogP contribution in [0, 0.1) is 5.82 Å². The zero-order valence-corrected chi connectivity index (χ0v) is 17.6. The van der Waals surface area contributed by atoms with Gasteiger partial charge in [0.25, 0.3) is 0 Å². The van der Waals surface area contributed by atoms with Crippen molar-refractivity contribution in [3.05, 3.63) is 94.5 Å². The zero-order chi connectivity index (χ0) is 22.1. The van der Waals surface area contributed by atoms with Gasteiger partial charge in [-0.05, 0) is 54.0 Å². The zero-order valence-electron chi connectivity index (χ0n) is 17.6. The molecule has 0 amide bonds. The Morgan fingerprint density at radius 3 is 2.84 bits per heavy atom. The molecule has 0 fully saturated rings. The molecule has 3 aromatic rings. The summed E-state index contributed by atoms with van der Waals surface area (Å²) in [4.78, 5) is 15.0. The minimum absolute atomic E-state index is 0.185. The number of benzene rings is 3. The van der Waals surface area contributed by atoms with Crippen LogP contribution in [0.5, 0.6) is 17.2 Å². The fourth-order valence-corrected chi connectivity index (χ4v) is 4.08. The van der Waals surface area contributed by atoms with Crippen molar-refractivity contribution < 1.29 is 23.4 Å². The van der Waals surface area contributed by atoms with Crippen LogP contribution in [0.2, 0.25) is 0 Å². The highest BCUT2D eigenvalue weighted by molar-refractivity contribution is 6.15. The number of nitrogens with zero attached hydrogens (tertiary/aromatic N) is 1. The van der Waals surface area contributed by atoms with Crippen LogP contribution in [0.25, 0.3) is 6.08 Å². The van der Waals surface area contributed by atoms with Gasteiger partial charge in [0.1, 0.15) is 29.8 Å². The molecule has 0 unspecified atom stereocenters. The molecule has 0 aromatic heterocycles. The normalized spacial score (nSPS) is 16.3. The lowest BCUT2D eigenvalue weighted by molar-refractivity contribution is 0.0948. The number of rotatable bonds is 5. The topological polar surface area (TPSA) is 48.0 Å². The second-order valence-corrected chi connectivity index (χ2v) is 7.80. The van der Waals surface area contributed by atoms with Crippen molar-refractivity contribution in [1.82, 2.24) is 4.90 Å². The lowest BCUT2D eigenvalue weighted by atomic mass is 10.0. The van der Waals surface area contributed by atoms with Crippen LogP contribution in [0.4, 0.5) is 4.39 Å². The molecule has 0 aliphatic carbocycles. The van der Waals surface area contributed by atoms with Crippen molar-refractivity contribution in [1.29, 1.82) is 0 Å². The largest absolute Gasteiger partial charge is 0.496 e. The number of ether oxygens (including phenoxy) is 3. The smallest absolute Gasteiger partial charge is 0.231 e. The third-order valence-electron chi connectivity index (χ3n) is 5.72. The van der Waals surface area contributed by atoms with Crippen molar-refractivity contribution in [3.8, 4) is 17.2 Å². The number of Topliss-reactive ketones (excluding diaryl/α,β-unsaturated/α-hetero) is 1. The number of hydrogen-bond acceptors (Lipinski definition) is 5. The van der Waals surface area contributed by atoms with Crippen LogP contribution in [-0.4, -0.2) is 31.1 Å². The van der Waals surface area contributed by atoms with Gasteiger partial charge in [0, 0.05) is 13.1 Å². The molecule has 2 aliphatic rings. The maximum absolute atomic E-state index is 13.5. The van der Waals surface area contributed by atoms with Crippen LogP contribution in [0.15, 0.2) is 66.4 Å². The Balaban J connectivity index is 1.36. The molecular formula is C26H22FNO4. The summed E-state index contributed by atoms with van der Waals surface area (Å²) < 4.78 is 30.9. The van der Waals surface area contributed by atoms with Crippen LogP contribution >= 0.6 is 0 Å². The summed E-state index contributed by atoms with van der Waals surface area (Å²) >= 11 is 0. The monoisotopic (exact) mass is 431 g/mol. The summed E-state index contributed by atoms with van der Waals surface area (Å²) in [6.45, 7) is 1.83. The maximum Gasteiger partial charge on any atom is 0.231 e. The van der Waals surface area contributed by atoms with Gasteiger partial charge < -0.3 is 14.2 Å². The van der Waals surface area contributed by atoms with Gasteiger partial charge in [-0.25, -0.2) is 4.39 Å². The molecular weight excluding hydrogens is 409 g/mol. The first-order chi connectivity index (χ1) is 15.6. The number of hydrogen-bond donors (Lipinski definition) is 0. The summed E-state index contributed by atoms with van der Waals surface area (Å²) in [5.74, 6) is 1.73. The molecule has 0 atom stereocenters. The summed E-state index contributed by atoms with van der Waals surface area (Å²) in [5, 5.41) is 0. The van der Waals surface area contributed by atoms with E-state index in [0.29, 0.717) is 30.2 Å². The molecule has 0 bridgehead atoms. The molecule has 6 heteroatoms. The molecule has 0 spiro atoms. The Bertz CT molecular complexity index is 1220. The van der Waals surface area contributed by atoms with Crippen molar-refractivity contribution in [2.24, 2.45) is 0 Å². The Morgan fingerprint density at radius 1 is 1.12 bits per heavy atom. The minimum Gasteiger partial charge on any atom is -0.496 e. The highest BCUT2D eigenvalue weighted by Gasteiger charge is 2.33. The van der Waals surface area contributed by atoms with E-state index in [1.54, 1.807) is 31.4 Å². The highest BCUT2D eigenvalue weighted by Crippen LogP contribution is 2.42.